The van der Waals surface area contributed by atoms with E-state index in [4.69, 9.17) is 0 Å². The molecule has 1 aliphatic heterocycles. The zero-order chi connectivity index (χ0) is 16.2. The van der Waals surface area contributed by atoms with Gasteiger partial charge in [-0.25, -0.2) is 5.10 Å². The number of benzene rings is 1. The normalized spacial score (nSPS) is 18.8. The summed E-state index contributed by atoms with van der Waals surface area (Å²) < 4.78 is 0. The van der Waals surface area contributed by atoms with Crippen LogP contribution in [0.3, 0.4) is 0 Å². The average Bonchev–Trinajstić information content (AvgIpc) is 3.06. The lowest BCUT2D eigenvalue weighted by Gasteiger charge is -2.31. The first-order chi connectivity index (χ1) is 11.2. The molecule has 1 fully saturated rings. The van der Waals surface area contributed by atoms with Gasteiger partial charge in [-0.05, 0) is 30.9 Å². The fourth-order valence-electron chi connectivity index (χ4n) is 3.50. The molecule has 1 aromatic carbocycles. The Bertz CT molecular complexity index is 706. The number of amides is 1. The van der Waals surface area contributed by atoms with Gasteiger partial charge < -0.3 is 4.90 Å². The van der Waals surface area contributed by atoms with Crippen molar-refractivity contribution in [2.45, 2.75) is 38.1 Å². The third kappa shape index (κ3) is 3.18. The molecule has 0 spiro atoms. The summed E-state index contributed by atoms with van der Waals surface area (Å²) in [7, 11) is 0. The minimum atomic E-state index is -0.296. The Morgan fingerprint density at radius 2 is 2.09 bits per heavy atom. The van der Waals surface area contributed by atoms with E-state index in [1.165, 1.54) is 17.7 Å². The van der Waals surface area contributed by atoms with Crippen LogP contribution in [0.4, 0.5) is 0 Å². The number of carbonyl (C=O) groups excluding carboxylic acids is 1. The van der Waals surface area contributed by atoms with Crippen molar-refractivity contribution in [3.05, 3.63) is 64.1 Å². The van der Waals surface area contributed by atoms with Gasteiger partial charge in [0.25, 0.3) is 11.5 Å². The third-order valence-corrected chi connectivity index (χ3v) is 4.59. The molecule has 1 aromatic heterocycles. The van der Waals surface area contributed by atoms with Crippen molar-refractivity contribution in [1.29, 1.82) is 0 Å². The molecule has 0 bridgehead atoms. The molecule has 5 nitrogen and oxygen atoms in total. The molecule has 0 radical (unpaired) electrons. The Hall–Kier alpha value is -2.43. The van der Waals surface area contributed by atoms with E-state index < -0.39 is 0 Å². The summed E-state index contributed by atoms with van der Waals surface area (Å²) in [5.74, 6) is 0.226. The number of hydrogen-bond donors (Lipinski definition) is 1. The predicted octanol–water partition coefficient (Wildman–Crippen LogP) is 2.57. The fraction of sp³-hybridized carbons (Fsp3) is 0.389. The summed E-state index contributed by atoms with van der Waals surface area (Å²) in [6.07, 6.45) is 2.99. The lowest BCUT2D eigenvalue weighted by atomic mass is 9.87. The molecule has 2 atom stereocenters. The van der Waals surface area contributed by atoms with Crippen LogP contribution in [0.5, 0.6) is 0 Å². The monoisotopic (exact) mass is 311 g/mol. The van der Waals surface area contributed by atoms with Gasteiger partial charge in [0.05, 0.1) is 0 Å². The van der Waals surface area contributed by atoms with Crippen LogP contribution in [0.25, 0.3) is 0 Å². The largest absolute Gasteiger partial charge is 0.334 e. The van der Waals surface area contributed by atoms with Crippen molar-refractivity contribution in [3.8, 4) is 0 Å². The second-order valence-electron chi connectivity index (χ2n) is 5.94. The van der Waals surface area contributed by atoms with E-state index in [-0.39, 0.29) is 17.5 Å². The zero-order valence-electron chi connectivity index (χ0n) is 13.2. The lowest BCUT2D eigenvalue weighted by Crippen LogP contribution is -2.39. The number of hydrogen-bond acceptors (Lipinski definition) is 3. The molecular formula is C18H21N3O2. The minimum absolute atomic E-state index is 0.0990. The number of carbonyl (C=O) groups is 1. The van der Waals surface area contributed by atoms with Crippen LogP contribution in [0.2, 0.25) is 0 Å². The van der Waals surface area contributed by atoms with Gasteiger partial charge in [0.2, 0.25) is 0 Å². The molecule has 2 aromatic rings. The summed E-state index contributed by atoms with van der Waals surface area (Å²) in [6, 6.07) is 13.4. The van der Waals surface area contributed by atoms with Crippen LogP contribution < -0.4 is 5.56 Å². The van der Waals surface area contributed by atoms with Crippen molar-refractivity contribution in [3.63, 3.8) is 0 Å². The first-order valence-corrected chi connectivity index (χ1v) is 8.12. The number of H-pyrrole nitrogens is 1. The molecule has 0 aliphatic carbocycles. The zero-order valence-corrected chi connectivity index (χ0v) is 13.2. The Morgan fingerprint density at radius 1 is 1.30 bits per heavy atom. The van der Waals surface area contributed by atoms with Gasteiger partial charge in [-0.1, -0.05) is 37.3 Å². The molecular weight excluding hydrogens is 290 g/mol. The molecule has 1 saturated heterocycles. The summed E-state index contributed by atoms with van der Waals surface area (Å²) in [5.41, 5.74) is 1.28. The van der Waals surface area contributed by atoms with E-state index in [1.54, 1.807) is 0 Å². The molecule has 0 unspecified atom stereocenters. The Morgan fingerprint density at radius 3 is 2.74 bits per heavy atom. The third-order valence-electron chi connectivity index (χ3n) is 4.59. The van der Waals surface area contributed by atoms with Crippen molar-refractivity contribution in [1.82, 2.24) is 15.1 Å². The van der Waals surface area contributed by atoms with E-state index in [1.807, 2.05) is 23.1 Å². The highest BCUT2D eigenvalue weighted by Crippen LogP contribution is 2.34. The molecule has 0 saturated carbocycles. The van der Waals surface area contributed by atoms with Crippen molar-refractivity contribution >= 4 is 5.91 Å². The number of aromatic nitrogens is 2. The van der Waals surface area contributed by atoms with Crippen LogP contribution in [0, 0.1) is 0 Å². The van der Waals surface area contributed by atoms with Crippen molar-refractivity contribution < 1.29 is 4.79 Å². The van der Waals surface area contributed by atoms with Gasteiger partial charge in [0.1, 0.15) is 5.69 Å². The maximum absolute atomic E-state index is 12.8. The van der Waals surface area contributed by atoms with Gasteiger partial charge in [-0.2, -0.15) is 5.10 Å². The molecule has 1 amide bonds. The molecule has 3 rings (SSSR count). The number of rotatable bonds is 4. The molecule has 5 heteroatoms. The fourth-order valence-corrected chi connectivity index (χ4v) is 3.50. The highest BCUT2D eigenvalue weighted by molar-refractivity contribution is 5.92. The smallest absolute Gasteiger partial charge is 0.274 e. The van der Waals surface area contributed by atoms with Gasteiger partial charge in [-0.3, -0.25) is 9.59 Å². The van der Waals surface area contributed by atoms with Gasteiger partial charge in [-0.15, -0.1) is 0 Å². The highest BCUT2D eigenvalue weighted by atomic mass is 16.2. The Kier molecular flexibility index (Phi) is 4.55. The SMILES string of the molecule is CC[C@@H](c1ccccc1)[C@H]1CCCN1C(=O)c1ccc(=O)[nH]n1. The Labute approximate surface area is 135 Å². The molecule has 120 valence electrons. The number of nitrogens with one attached hydrogen (secondary N) is 1. The first kappa shape index (κ1) is 15.5. The molecule has 23 heavy (non-hydrogen) atoms. The van der Waals surface area contributed by atoms with E-state index in [9.17, 15) is 9.59 Å². The summed E-state index contributed by atoms with van der Waals surface area (Å²) in [6.45, 7) is 2.91. The standard InChI is InChI=1S/C18H21N3O2/c1-2-14(13-7-4-3-5-8-13)16-9-6-12-21(16)18(23)15-10-11-17(22)20-19-15/h3-5,7-8,10-11,14,16H,2,6,9,12H2,1H3,(H,20,22)/t14-,16+/m0/s1. The van der Waals surface area contributed by atoms with E-state index in [0.29, 0.717) is 11.6 Å². The van der Waals surface area contributed by atoms with E-state index in [0.717, 1.165) is 25.8 Å². The number of aromatic amines is 1. The van der Waals surface area contributed by atoms with Crippen LogP contribution in [0.1, 0.15) is 48.2 Å². The maximum atomic E-state index is 12.8. The number of nitrogens with zero attached hydrogens (tertiary/aromatic N) is 2. The Balaban J connectivity index is 1.85. The molecule has 1 N–H and O–H groups in total. The summed E-state index contributed by atoms with van der Waals surface area (Å²) >= 11 is 0. The van der Waals surface area contributed by atoms with E-state index in [2.05, 4.69) is 29.3 Å². The second kappa shape index (κ2) is 6.77. The van der Waals surface area contributed by atoms with Gasteiger partial charge in [0.15, 0.2) is 0 Å². The number of likely N-dealkylation sites (tertiary alicyclic amines) is 1. The van der Waals surface area contributed by atoms with Gasteiger partial charge >= 0.3 is 0 Å². The predicted molar refractivity (Wildman–Crippen MR) is 88.4 cm³/mol. The lowest BCUT2D eigenvalue weighted by molar-refractivity contribution is 0.0707. The topological polar surface area (TPSA) is 66.1 Å². The van der Waals surface area contributed by atoms with Crippen molar-refractivity contribution in [2.75, 3.05) is 6.54 Å². The molecule has 2 heterocycles. The quantitative estimate of drug-likeness (QED) is 0.943. The van der Waals surface area contributed by atoms with Gasteiger partial charge in [0, 0.05) is 24.6 Å². The second-order valence-corrected chi connectivity index (χ2v) is 5.94. The highest BCUT2D eigenvalue weighted by Gasteiger charge is 2.35. The van der Waals surface area contributed by atoms with Crippen LogP contribution in [0.15, 0.2) is 47.3 Å². The van der Waals surface area contributed by atoms with Crippen LogP contribution in [-0.4, -0.2) is 33.6 Å². The van der Waals surface area contributed by atoms with Crippen LogP contribution in [-0.2, 0) is 0 Å². The van der Waals surface area contributed by atoms with Crippen molar-refractivity contribution in [2.24, 2.45) is 0 Å². The maximum Gasteiger partial charge on any atom is 0.274 e. The summed E-state index contributed by atoms with van der Waals surface area (Å²) in [5, 5.41) is 6.23. The van der Waals surface area contributed by atoms with Crippen LogP contribution >= 0.6 is 0 Å². The average molecular weight is 311 g/mol. The summed E-state index contributed by atoms with van der Waals surface area (Å²) in [4.78, 5) is 25.8. The molecule has 1 aliphatic rings. The van der Waals surface area contributed by atoms with E-state index >= 15 is 0 Å². The minimum Gasteiger partial charge on any atom is -0.334 e. The first-order valence-electron chi connectivity index (χ1n) is 8.12.